The van der Waals surface area contributed by atoms with Crippen molar-refractivity contribution >= 4 is 33.0 Å². The van der Waals surface area contributed by atoms with E-state index in [1.807, 2.05) is 4.90 Å². The predicted octanol–water partition coefficient (Wildman–Crippen LogP) is 7.43. The Morgan fingerprint density at radius 2 is 1.65 bits per heavy atom. The van der Waals surface area contributed by atoms with Crippen LogP contribution in [-0.4, -0.2) is 32.1 Å². The largest absolute Gasteiger partial charge is 0.507 e. The molecule has 9 heteroatoms. The standard InChI is InChI=1S/C25H32F3NO3S2/c1-4-6-12-24(13-7-5-2)16-29(19-10-8-18(9-11-19)25(26,27)28)20-14-22(33-3)21(30)15-23(20)34(31,32)17-24/h8-11,14-15,30H,4-7,12-13,16-17H2,1-3H3. The third kappa shape index (κ3) is 5.67. The van der Waals surface area contributed by atoms with E-state index in [1.165, 1.54) is 30.0 Å². The molecule has 0 saturated carbocycles. The molecule has 1 N–H and O–H groups in total. The highest BCUT2D eigenvalue weighted by Crippen LogP contribution is 2.47. The van der Waals surface area contributed by atoms with Gasteiger partial charge >= 0.3 is 6.18 Å². The zero-order valence-electron chi connectivity index (χ0n) is 19.8. The summed E-state index contributed by atoms with van der Waals surface area (Å²) in [6.45, 7) is 4.50. The number of hydrogen-bond donors (Lipinski definition) is 1. The number of unbranched alkanes of at least 4 members (excludes halogenated alkanes) is 2. The number of thioether (sulfide) groups is 1. The van der Waals surface area contributed by atoms with Crippen LogP contribution < -0.4 is 4.90 Å². The molecule has 1 aliphatic rings. The molecule has 0 aromatic heterocycles. The highest BCUT2D eigenvalue weighted by molar-refractivity contribution is 7.98. The Hall–Kier alpha value is -1.87. The average Bonchev–Trinajstić information content (AvgIpc) is 2.88. The first kappa shape index (κ1) is 26.7. The van der Waals surface area contributed by atoms with E-state index in [4.69, 9.17) is 0 Å². The minimum atomic E-state index is -4.46. The number of benzene rings is 2. The van der Waals surface area contributed by atoms with Crippen LogP contribution in [0.2, 0.25) is 0 Å². The lowest BCUT2D eigenvalue weighted by atomic mass is 9.79. The Balaban J connectivity index is 2.24. The Labute approximate surface area is 204 Å². The lowest BCUT2D eigenvalue weighted by Crippen LogP contribution is -2.38. The van der Waals surface area contributed by atoms with E-state index in [0.29, 0.717) is 35.7 Å². The molecule has 0 unspecified atom stereocenters. The van der Waals surface area contributed by atoms with Crippen molar-refractivity contribution in [1.29, 1.82) is 0 Å². The van der Waals surface area contributed by atoms with Crippen molar-refractivity contribution in [2.45, 2.75) is 68.3 Å². The average molecular weight is 516 g/mol. The number of anilines is 2. The third-order valence-electron chi connectivity index (χ3n) is 6.50. The summed E-state index contributed by atoms with van der Waals surface area (Å²) in [6.07, 6.45) is 2.28. The smallest absolute Gasteiger partial charge is 0.416 e. The third-order valence-corrected chi connectivity index (χ3v) is 9.26. The van der Waals surface area contributed by atoms with Gasteiger partial charge in [-0.2, -0.15) is 13.2 Å². The van der Waals surface area contributed by atoms with Gasteiger partial charge in [-0.1, -0.05) is 39.5 Å². The monoisotopic (exact) mass is 515 g/mol. The summed E-state index contributed by atoms with van der Waals surface area (Å²) in [5.41, 5.74) is -0.405. The summed E-state index contributed by atoms with van der Waals surface area (Å²) >= 11 is 1.29. The van der Waals surface area contributed by atoms with Gasteiger partial charge in [0.05, 0.1) is 26.8 Å². The molecule has 1 heterocycles. The fourth-order valence-corrected chi connectivity index (χ4v) is 7.32. The molecule has 0 spiro atoms. The molecule has 1 aliphatic heterocycles. The van der Waals surface area contributed by atoms with E-state index < -0.39 is 27.0 Å². The quantitative estimate of drug-likeness (QED) is 0.371. The van der Waals surface area contributed by atoms with Gasteiger partial charge in [0.2, 0.25) is 0 Å². The molecular weight excluding hydrogens is 483 g/mol. The molecule has 3 rings (SSSR count). The topological polar surface area (TPSA) is 57.6 Å². The van der Waals surface area contributed by atoms with Gasteiger partial charge in [0.15, 0.2) is 9.84 Å². The van der Waals surface area contributed by atoms with Crippen LogP contribution in [0.5, 0.6) is 5.75 Å². The summed E-state index contributed by atoms with van der Waals surface area (Å²) in [5, 5.41) is 10.5. The molecule has 2 aromatic carbocycles. The molecule has 0 amide bonds. The highest BCUT2D eigenvalue weighted by Gasteiger charge is 2.42. The number of phenolic OH excluding ortho intramolecular Hbond substituents is 1. The molecule has 0 bridgehead atoms. The van der Waals surface area contributed by atoms with Crippen molar-refractivity contribution in [2.24, 2.45) is 5.41 Å². The van der Waals surface area contributed by atoms with E-state index >= 15 is 0 Å². The van der Waals surface area contributed by atoms with Crippen molar-refractivity contribution in [3.8, 4) is 5.75 Å². The van der Waals surface area contributed by atoms with Gasteiger partial charge in [-0.05, 0) is 49.4 Å². The SMILES string of the molecule is CCCCC1(CCCC)CN(c2ccc(C(F)(F)F)cc2)c2cc(SC)c(O)cc2S(=O)(=O)C1. The normalized spacial score (nSPS) is 17.3. The Morgan fingerprint density at radius 3 is 2.15 bits per heavy atom. The lowest BCUT2D eigenvalue weighted by Gasteiger charge is -2.37. The van der Waals surface area contributed by atoms with E-state index in [0.717, 1.165) is 37.8 Å². The number of hydrogen-bond acceptors (Lipinski definition) is 5. The molecule has 34 heavy (non-hydrogen) atoms. The number of fused-ring (bicyclic) bond motifs is 1. The van der Waals surface area contributed by atoms with Crippen LogP contribution in [0.15, 0.2) is 46.2 Å². The first-order valence-corrected chi connectivity index (χ1v) is 14.4. The molecule has 2 aromatic rings. The van der Waals surface area contributed by atoms with Crippen molar-refractivity contribution in [2.75, 3.05) is 23.5 Å². The van der Waals surface area contributed by atoms with E-state index in [9.17, 15) is 26.7 Å². The minimum Gasteiger partial charge on any atom is -0.507 e. The van der Waals surface area contributed by atoms with Gasteiger partial charge < -0.3 is 10.0 Å². The van der Waals surface area contributed by atoms with E-state index in [1.54, 1.807) is 12.3 Å². The van der Waals surface area contributed by atoms with Crippen LogP contribution in [0.3, 0.4) is 0 Å². The number of aromatic hydroxyl groups is 1. The van der Waals surface area contributed by atoms with Gasteiger partial charge in [0.1, 0.15) is 5.75 Å². The van der Waals surface area contributed by atoms with Crippen LogP contribution in [0.1, 0.15) is 57.9 Å². The van der Waals surface area contributed by atoms with Crippen molar-refractivity contribution in [1.82, 2.24) is 0 Å². The summed E-state index contributed by atoms with van der Waals surface area (Å²) in [5.74, 6) is -0.167. The Kier molecular flexibility index (Phi) is 8.18. The summed E-state index contributed by atoms with van der Waals surface area (Å²) in [4.78, 5) is 2.38. The van der Waals surface area contributed by atoms with E-state index in [2.05, 4.69) is 13.8 Å². The Bertz CT molecular complexity index is 1090. The number of phenols is 1. The number of nitrogens with zero attached hydrogens (tertiary/aromatic N) is 1. The number of alkyl halides is 3. The van der Waals surface area contributed by atoms with Crippen LogP contribution in [0, 0.1) is 5.41 Å². The maximum absolute atomic E-state index is 13.7. The molecule has 188 valence electrons. The van der Waals surface area contributed by atoms with Crippen LogP contribution in [-0.2, 0) is 16.0 Å². The molecule has 0 fully saturated rings. The van der Waals surface area contributed by atoms with Gasteiger partial charge in [-0.25, -0.2) is 8.42 Å². The summed E-state index contributed by atoms with van der Waals surface area (Å²) in [6, 6.07) is 7.80. The Morgan fingerprint density at radius 1 is 1.06 bits per heavy atom. The van der Waals surface area contributed by atoms with Crippen LogP contribution in [0.4, 0.5) is 24.5 Å². The molecule has 0 aliphatic carbocycles. The van der Waals surface area contributed by atoms with Crippen molar-refractivity contribution in [3.05, 3.63) is 42.0 Å². The van der Waals surface area contributed by atoms with E-state index in [-0.39, 0.29) is 16.4 Å². The van der Waals surface area contributed by atoms with Gasteiger partial charge in [-0.15, -0.1) is 11.8 Å². The fraction of sp³-hybridized carbons (Fsp3) is 0.520. The fourth-order valence-electron chi connectivity index (χ4n) is 4.70. The highest BCUT2D eigenvalue weighted by atomic mass is 32.2. The zero-order valence-corrected chi connectivity index (χ0v) is 21.4. The molecular formula is C25H32F3NO3S2. The number of halogens is 3. The van der Waals surface area contributed by atoms with Gasteiger partial charge in [-0.3, -0.25) is 0 Å². The molecule has 4 nitrogen and oxygen atoms in total. The van der Waals surface area contributed by atoms with Gasteiger partial charge in [0, 0.05) is 23.7 Å². The maximum Gasteiger partial charge on any atom is 0.416 e. The zero-order chi connectivity index (χ0) is 25.1. The van der Waals surface area contributed by atoms with Crippen LogP contribution >= 0.6 is 11.8 Å². The summed E-state index contributed by atoms with van der Waals surface area (Å²) in [7, 11) is -3.76. The van der Waals surface area contributed by atoms with Crippen LogP contribution in [0.25, 0.3) is 0 Å². The predicted molar refractivity (Wildman–Crippen MR) is 132 cm³/mol. The second kappa shape index (κ2) is 10.4. The number of rotatable bonds is 8. The number of sulfone groups is 1. The van der Waals surface area contributed by atoms with Gasteiger partial charge in [0.25, 0.3) is 0 Å². The maximum atomic E-state index is 13.7. The molecule has 0 atom stereocenters. The van der Waals surface area contributed by atoms with Crippen molar-refractivity contribution < 1.29 is 26.7 Å². The summed E-state index contributed by atoms with van der Waals surface area (Å²) < 4.78 is 66.9. The first-order chi connectivity index (χ1) is 16.0. The first-order valence-electron chi connectivity index (χ1n) is 11.5. The molecule has 0 radical (unpaired) electrons. The molecule has 0 saturated heterocycles. The second-order valence-corrected chi connectivity index (χ2v) is 11.9. The second-order valence-electron chi connectivity index (χ2n) is 9.09. The minimum absolute atomic E-state index is 0.0255. The van der Waals surface area contributed by atoms with Crippen molar-refractivity contribution in [3.63, 3.8) is 0 Å². The lowest BCUT2D eigenvalue weighted by molar-refractivity contribution is -0.137.